The number of nitro benzene ring substituents is 1. The summed E-state index contributed by atoms with van der Waals surface area (Å²) in [7, 11) is 0. The van der Waals surface area contributed by atoms with Crippen molar-refractivity contribution in [2.45, 2.75) is 0 Å². The first-order chi connectivity index (χ1) is 10.5. The van der Waals surface area contributed by atoms with Gasteiger partial charge < -0.3 is 4.42 Å². The van der Waals surface area contributed by atoms with Crippen LogP contribution in [-0.2, 0) is 0 Å². The van der Waals surface area contributed by atoms with Crippen molar-refractivity contribution in [3.05, 3.63) is 67.0 Å². The molecule has 3 rings (SSSR count). The van der Waals surface area contributed by atoms with Crippen LogP contribution in [0.4, 0.5) is 5.69 Å². The number of hydrogen-bond donors (Lipinski definition) is 0. The summed E-state index contributed by atoms with van der Waals surface area (Å²) in [4.78, 5) is 26.4. The molecule has 0 amide bonds. The number of non-ortho nitro benzene ring substituents is 1. The molecule has 0 N–H and O–H groups in total. The highest BCUT2D eigenvalue weighted by Gasteiger charge is 2.16. The van der Waals surface area contributed by atoms with Gasteiger partial charge in [0.25, 0.3) is 5.69 Å². The van der Waals surface area contributed by atoms with Gasteiger partial charge in [-0.05, 0) is 24.3 Å². The van der Waals surface area contributed by atoms with Gasteiger partial charge in [0.05, 0.1) is 26.4 Å². The molecule has 3 aromatic rings. The molecule has 0 aliphatic carbocycles. The van der Waals surface area contributed by atoms with E-state index in [-0.39, 0.29) is 27.6 Å². The second-order valence-corrected chi connectivity index (χ2v) is 5.23. The van der Waals surface area contributed by atoms with Crippen LogP contribution >= 0.6 is 23.2 Å². The van der Waals surface area contributed by atoms with Crippen molar-refractivity contribution in [1.82, 2.24) is 4.98 Å². The SMILES string of the molecule is O=c1oc(-c2cc([N+](=O)[O-])ccc2Cl)nc2cc(Cl)ccc12. The van der Waals surface area contributed by atoms with Crippen molar-refractivity contribution in [2.24, 2.45) is 0 Å². The Morgan fingerprint density at radius 1 is 1.14 bits per heavy atom. The number of halogens is 2. The Kier molecular flexibility index (Phi) is 3.56. The van der Waals surface area contributed by atoms with E-state index in [1.54, 1.807) is 6.07 Å². The zero-order valence-electron chi connectivity index (χ0n) is 10.7. The number of rotatable bonds is 2. The van der Waals surface area contributed by atoms with Crippen LogP contribution in [0.15, 0.2) is 45.6 Å². The smallest absolute Gasteiger partial charge is 0.347 e. The summed E-state index contributed by atoms with van der Waals surface area (Å²) >= 11 is 11.9. The number of nitrogens with zero attached hydrogens (tertiary/aromatic N) is 2. The molecule has 0 saturated heterocycles. The topological polar surface area (TPSA) is 86.2 Å². The number of benzene rings is 2. The van der Waals surface area contributed by atoms with Crippen molar-refractivity contribution in [1.29, 1.82) is 0 Å². The third-order valence-corrected chi connectivity index (χ3v) is 3.55. The second-order valence-electron chi connectivity index (χ2n) is 4.39. The fraction of sp³-hybridized carbons (Fsp3) is 0. The van der Waals surface area contributed by atoms with Crippen LogP contribution in [0.5, 0.6) is 0 Å². The average Bonchev–Trinajstić information content (AvgIpc) is 2.46. The van der Waals surface area contributed by atoms with E-state index in [1.807, 2.05) is 0 Å². The summed E-state index contributed by atoms with van der Waals surface area (Å²) in [6.07, 6.45) is 0. The van der Waals surface area contributed by atoms with E-state index in [0.717, 1.165) is 0 Å². The van der Waals surface area contributed by atoms with Crippen molar-refractivity contribution in [3.63, 3.8) is 0 Å². The minimum absolute atomic E-state index is 0.103. The van der Waals surface area contributed by atoms with Gasteiger partial charge in [-0.2, -0.15) is 0 Å². The van der Waals surface area contributed by atoms with E-state index in [9.17, 15) is 14.9 Å². The Labute approximate surface area is 133 Å². The van der Waals surface area contributed by atoms with E-state index in [2.05, 4.69) is 4.98 Å². The predicted molar refractivity (Wildman–Crippen MR) is 82.4 cm³/mol. The molecule has 0 fully saturated rings. The summed E-state index contributed by atoms with van der Waals surface area (Å²) in [5, 5.41) is 11.7. The van der Waals surface area contributed by atoms with Crippen LogP contribution in [0, 0.1) is 10.1 Å². The summed E-state index contributed by atoms with van der Waals surface area (Å²) in [6.45, 7) is 0. The standard InChI is InChI=1S/C14H6Cl2N2O4/c15-7-1-3-9-12(5-7)17-13(22-14(9)19)10-6-8(18(20)21)2-4-11(10)16/h1-6H. The number of hydrogen-bond acceptors (Lipinski definition) is 5. The van der Waals surface area contributed by atoms with Gasteiger partial charge in [-0.25, -0.2) is 9.78 Å². The zero-order chi connectivity index (χ0) is 15.9. The van der Waals surface area contributed by atoms with Gasteiger partial charge in [0.15, 0.2) is 0 Å². The number of fused-ring (bicyclic) bond motifs is 1. The van der Waals surface area contributed by atoms with Crippen molar-refractivity contribution < 1.29 is 9.34 Å². The van der Waals surface area contributed by atoms with Crippen molar-refractivity contribution in [3.8, 4) is 11.5 Å². The van der Waals surface area contributed by atoms with Gasteiger partial charge in [0.2, 0.25) is 5.89 Å². The van der Waals surface area contributed by atoms with Crippen LogP contribution in [0.2, 0.25) is 10.0 Å². The molecule has 0 unspecified atom stereocenters. The summed E-state index contributed by atoms with van der Waals surface area (Å²) in [5.41, 5.74) is -0.328. The fourth-order valence-electron chi connectivity index (χ4n) is 1.95. The molecule has 0 radical (unpaired) electrons. The lowest BCUT2D eigenvalue weighted by molar-refractivity contribution is -0.384. The summed E-state index contributed by atoms with van der Waals surface area (Å²) in [6, 6.07) is 8.34. The monoisotopic (exact) mass is 336 g/mol. The van der Waals surface area contributed by atoms with Gasteiger partial charge in [0, 0.05) is 17.2 Å². The third-order valence-electron chi connectivity index (χ3n) is 2.98. The summed E-state index contributed by atoms with van der Waals surface area (Å²) < 4.78 is 5.12. The highest BCUT2D eigenvalue weighted by Crippen LogP contribution is 2.30. The zero-order valence-corrected chi connectivity index (χ0v) is 12.3. The first kappa shape index (κ1) is 14.5. The Morgan fingerprint density at radius 2 is 1.91 bits per heavy atom. The lowest BCUT2D eigenvalue weighted by atomic mass is 10.2. The average molecular weight is 337 g/mol. The van der Waals surface area contributed by atoms with E-state index in [4.69, 9.17) is 27.6 Å². The summed E-state index contributed by atoms with van der Waals surface area (Å²) in [5.74, 6) is -0.103. The largest absolute Gasteiger partial charge is 0.403 e. The lowest BCUT2D eigenvalue weighted by Gasteiger charge is -2.04. The van der Waals surface area contributed by atoms with Crippen molar-refractivity contribution >= 4 is 39.8 Å². The molecule has 0 aliphatic heterocycles. The van der Waals surface area contributed by atoms with Gasteiger partial charge in [-0.3, -0.25) is 10.1 Å². The molecule has 8 heteroatoms. The normalized spacial score (nSPS) is 10.8. The molecule has 1 aromatic heterocycles. The number of aromatic nitrogens is 1. The maximum Gasteiger partial charge on any atom is 0.347 e. The molecule has 0 saturated carbocycles. The van der Waals surface area contributed by atoms with Gasteiger partial charge in [-0.15, -0.1) is 0 Å². The van der Waals surface area contributed by atoms with Crippen molar-refractivity contribution in [2.75, 3.05) is 0 Å². The first-order valence-corrected chi connectivity index (χ1v) is 6.76. The van der Waals surface area contributed by atoms with Crippen LogP contribution < -0.4 is 5.63 Å². The number of nitro groups is 1. The molecule has 110 valence electrons. The Morgan fingerprint density at radius 3 is 2.64 bits per heavy atom. The first-order valence-electron chi connectivity index (χ1n) is 6.00. The Hall–Kier alpha value is -2.44. The highest BCUT2D eigenvalue weighted by molar-refractivity contribution is 6.33. The molecule has 2 aromatic carbocycles. The predicted octanol–water partition coefficient (Wildman–Crippen LogP) is 4.07. The fourth-order valence-corrected chi connectivity index (χ4v) is 2.32. The maximum atomic E-state index is 12.0. The second kappa shape index (κ2) is 5.40. The molecule has 0 aliphatic rings. The highest BCUT2D eigenvalue weighted by atomic mass is 35.5. The maximum absolute atomic E-state index is 12.0. The van der Waals surface area contributed by atoms with Crippen LogP contribution in [-0.4, -0.2) is 9.91 Å². The van der Waals surface area contributed by atoms with Gasteiger partial charge in [-0.1, -0.05) is 23.2 Å². The molecule has 1 heterocycles. The molecular weight excluding hydrogens is 331 g/mol. The molecule has 6 nitrogen and oxygen atoms in total. The quantitative estimate of drug-likeness (QED) is 0.520. The molecule has 22 heavy (non-hydrogen) atoms. The molecule has 0 atom stereocenters. The minimum atomic E-state index is -0.626. The minimum Gasteiger partial charge on any atom is -0.403 e. The van der Waals surface area contributed by atoms with Crippen LogP contribution in [0.25, 0.3) is 22.4 Å². The Balaban J connectivity index is 2.28. The van der Waals surface area contributed by atoms with Crippen LogP contribution in [0.3, 0.4) is 0 Å². The van der Waals surface area contributed by atoms with E-state index >= 15 is 0 Å². The Bertz CT molecular complexity index is 969. The molecule has 0 bridgehead atoms. The van der Waals surface area contributed by atoms with Gasteiger partial charge in [0.1, 0.15) is 0 Å². The van der Waals surface area contributed by atoms with E-state index < -0.39 is 10.5 Å². The molecular formula is C14H6Cl2N2O4. The molecule has 0 spiro atoms. The lowest BCUT2D eigenvalue weighted by Crippen LogP contribution is -2.03. The van der Waals surface area contributed by atoms with E-state index in [0.29, 0.717) is 10.5 Å². The third kappa shape index (κ3) is 2.54. The van der Waals surface area contributed by atoms with E-state index in [1.165, 1.54) is 30.3 Å². The van der Waals surface area contributed by atoms with Gasteiger partial charge >= 0.3 is 5.63 Å². The van der Waals surface area contributed by atoms with Crippen LogP contribution in [0.1, 0.15) is 0 Å².